The Labute approximate surface area is 121 Å². The van der Waals surface area contributed by atoms with Crippen molar-refractivity contribution >= 4 is 27.2 Å². The Bertz CT molecular complexity index is 407. The third-order valence-corrected chi connectivity index (χ3v) is 6.10. The molecule has 1 rings (SSSR count). The summed E-state index contributed by atoms with van der Waals surface area (Å²) >= 11 is 4.82. The fraction of sp³-hybridized carbons (Fsp3) is 0.917. The van der Waals surface area contributed by atoms with E-state index in [9.17, 15) is 8.42 Å². The molecule has 0 aliphatic heterocycles. The van der Waals surface area contributed by atoms with E-state index in [1.807, 2.05) is 0 Å². The molecule has 1 saturated carbocycles. The average Bonchev–Trinajstić information content (AvgIpc) is 2.26. The smallest absolute Gasteiger partial charge is 0.168 e. The molecule has 4 N–H and O–H groups in total. The van der Waals surface area contributed by atoms with Gasteiger partial charge in [0.05, 0.1) is 10.6 Å². The molecule has 0 unspecified atom stereocenters. The summed E-state index contributed by atoms with van der Waals surface area (Å²) in [6.45, 7) is 5.19. The standard InChI is InChI=1S/C12H25N3O2S2/c1-12(2,3)19(16,17)8-14-9-4-6-10(7-5-9)15-11(13)18/h9-10,14H,4-8H2,1-3H3,(H3,13,15,18). The Balaban J connectivity index is 2.36. The lowest BCUT2D eigenvalue weighted by molar-refractivity contribution is 0.337. The van der Waals surface area contributed by atoms with Gasteiger partial charge in [-0.15, -0.1) is 0 Å². The monoisotopic (exact) mass is 307 g/mol. The van der Waals surface area contributed by atoms with Crippen LogP contribution in [0.2, 0.25) is 0 Å². The van der Waals surface area contributed by atoms with E-state index in [1.54, 1.807) is 20.8 Å². The van der Waals surface area contributed by atoms with Gasteiger partial charge in [0.15, 0.2) is 14.9 Å². The zero-order valence-corrected chi connectivity index (χ0v) is 13.5. The van der Waals surface area contributed by atoms with Crippen molar-refractivity contribution in [2.24, 2.45) is 5.73 Å². The molecule has 7 heteroatoms. The van der Waals surface area contributed by atoms with Crippen LogP contribution in [0.15, 0.2) is 0 Å². The highest BCUT2D eigenvalue weighted by Crippen LogP contribution is 2.20. The van der Waals surface area contributed by atoms with Crippen LogP contribution in [0.3, 0.4) is 0 Å². The molecule has 0 saturated heterocycles. The van der Waals surface area contributed by atoms with Crippen molar-refractivity contribution in [1.29, 1.82) is 0 Å². The highest BCUT2D eigenvalue weighted by Gasteiger charge is 2.30. The predicted octanol–water partition coefficient (Wildman–Crippen LogP) is 0.891. The van der Waals surface area contributed by atoms with Crippen LogP contribution >= 0.6 is 12.2 Å². The van der Waals surface area contributed by atoms with Gasteiger partial charge in [-0.05, 0) is 58.7 Å². The average molecular weight is 307 g/mol. The van der Waals surface area contributed by atoms with Gasteiger partial charge in [-0.2, -0.15) is 0 Å². The van der Waals surface area contributed by atoms with Crippen molar-refractivity contribution in [3.8, 4) is 0 Å². The molecule has 19 heavy (non-hydrogen) atoms. The van der Waals surface area contributed by atoms with E-state index in [1.165, 1.54) is 0 Å². The number of hydrogen-bond donors (Lipinski definition) is 3. The van der Waals surface area contributed by atoms with Crippen LogP contribution in [0.5, 0.6) is 0 Å². The molecule has 1 fully saturated rings. The second-order valence-corrected chi connectivity index (χ2v) is 9.32. The highest BCUT2D eigenvalue weighted by molar-refractivity contribution is 7.92. The van der Waals surface area contributed by atoms with E-state index < -0.39 is 14.6 Å². The number of thiocarbonyl (C=S) groups is 1. The first-order chi connectivity index (χ1) is 8.62. The first kappa shape index (κ1) is 16.7. The third kappa shape index (κ3) is 5.24. The largest absolute Gasteiger partial charge is 0.376 e. The minimum Gasteiger partial charge on any atom is -0.376 e. The molecule has 0 aromatic rings. The molecule has 112 valence electrons. The van der Waals surface area contributed by atoms with E-state index in [-0.39, 0.29) is 11.9 Å². The topological polar surface area (TPSA) is 84.2 Å². The fourth-order valence-corrected chi connectivity index (χ4v) is 3.14. The summed E-state index contributed by atoms with van der Waals surface area (Å²) in [5.41, 5.74) is 5.45. The Kier molecular flexibility index (Phi) is 5.58. The van der Waals surface area contributed by atoms with Crippen LogP contribution in [0.1, 0.15) is 46.5 Å². The van der Waals surface area contributed by atoms with Gasteiger partial charge in [0.2, 0.25) is 0 Å². The molecule has 5 nitrogen and oxygen atoms in total. The van der Waals surface area contributed by atoms with E-state index >= 15 is 0 Å². The maximum atomic E-state index is 12.0. The van der Waals surface area contributed by atoms with Crippen molar-refractivity contribution in [1.82, 2.24) is 10.6 Å². The van der Waals surface area contributed by atoms with Crippen LogP contribution in [-0.2, 0) is 9.84 Å². The van der Waals surface area contributed by atoms with Gasteiger partial charge in [-0.1, -0.05) is 0 Å². The SMILES string of the molecule is CC(C)(C)S(=O)(=O)CNC1CCC(NC(N)=S)CC1. The molecular weight excluding hydrogens is 282 g/mol. The number of sulfone groups is 1. The molecule has 0 amide bonds. The van der Waals surface area contributed by atoms with E-state index in [0.29, 0.717) is 11.2 Å². The maximum absolute atomic E-state index is 12.0. The maximum Gasteiger partial charge on any atom is 0.168 e. The summed E-state index contributed by atoms with van der Waals surface area (Å²) in [5, 5.41) is 6.56. The fourth-order valence-electron chi connectivity index (χ4n) is 2.09. The van der Waals surface area contributed by atoms with E-state index in [2.05, 4.69) is 10.6 Å². The van der Waals surface area contributed by atoms with Crippen LogP contribution < -0.4 is 16.4 Å². The van der Waals surface area contributed by atoms with Gasteiger partial charge < -0.3 is 16.4 Å². The second-order valence-electron chi connectivity index (χ2n) is 6.13. The van der Waals surface area contributed by atoms with Crippen molar-refractivity contribution in [3.05, 3.63) is 0 Å². The first-order valence-electron chi connectivity index (χ1n) is 6.63. The number of rotatable bonds is 4. The highest BCUT2D eigenvalue weighted by atomic mass is 32.2. The normalized spacial score (nSPS) is 25.0. The number of hydrogen-bond acceptors (Lipinski definition) is 4. The minimum absolute atomic E-state index is 0.0502. The van der Waals surface area contributed by atoms with Gasteiger partial charge in [0.1, 0.15) is 0 Å². The Morgan fingerprint density at radius 2 is 1.68 bits per heavy atom. The van der Waals surface area contributed by atoms with Crippen LogP contribution in [0, 0.1) is 0 Å². The molecule has 0 bridgehead atoms. The van der Waals surface area contributed by atoms with Gasteiger partial charge >= 0.3 is 0 Å². The molecule has 0 atom stereocenters. The molecular formula is C12H25N3O2S2. The Hall–Kier alpha value is -0.400. The summed E-state index contributed by atoms with van der Waals surface area (Å²) in [6.07, 6.45) is 3.81. The molecule has 0 aromatic carbocycles. The van der Waals surface area contributed by atoms with Crippen molar-refractivity contribution in [2.75, 3.05) is 5.88 Å². The number of nitrogens with two attached hydrogens (primary N) is 1. The summed E-state index contributed by atoms with van der Waals surface area (Å²) in [7, 11) is -3.10. The van der Waals surface area contributed by atoms with Crippen molar-refractivity contribution in [2.45, 2.75) is 63.3 Å². The number of nitrogens with one attached hydrogen (secondary N) is 2. The molecule has 1 aliphatic carbocycles. The second kappa shape index (κ2) is 6.37. The van der Waals surface area contributed by atoms with Crippen LogP contribution in [0.4, 0.5) is 0 Å². The quantitative estimate of drug-likeness (QED) is 0.669. The van der Waals surface area contributed by atoms with E-state index in [4.69, 9.17) is 18.0 Å². The zero-order chi connectivity index (χ0) is 14.7. The molecule has 1 aliphatic rings. The lowest BCUT2D eigenvalue weighted by Gasteiger charge is -2.30. The van der Waals surface area contributed by atoms with Gasteiger partial charge in [-0.25, -0.2) is 8.42 Å². The summed E-state index contributed by atoms with van der Waals surface area (Å²) in [4.78, 5) is 0. The third-order valence-electron chi connectivity index (χ3n) is 3.57. The molecule has 0 heterocycles. The van der Waals surface area contributed by atoms with Crippen LogP contribution in [0.25, 0.3) is 0 Å². The Morgan fingerprint density at radius 1 is 1.21 bits per heavy atom. The lowest BCUT2D eigenvalue weighted by Crippen LogP contribution is -2.46. The zero-order valence-electron chi connectivity index (χ0n) is 11.9. The molecule has 0 radical (unpaired) electrons. The van der Waals surface area contributed by atoms with Crippen LogP contribution in [-0.4, -0.2) is 36.2 Å². The van der Waals surface area contributed by atoms with Gasteiger partial charge in [0, 0.05) is 12.1 Å². The Morgan fingerprint density at radius 3 is 2.11 bits per heavy atom. The van der Waals surface area contributed by atoms with Gasteiger partial charge in [-0.3, -0.25) is 0 Å². The van der Waals surface area contributed by atoms with Crippen molar-refractivity contribution < 1.29 is 8.42 Å². The summed E-state index contributed by atoms with van der Waals surface area (Å²) in [5.74, 6) is 0.0502. The molecule has 0 spiro atoms. The predicted molar refractivity (Wildman–Crippen MR) is 82.6 cm³/mol. The summed E-state index contributed by atoms with van der Waals surface area (Å²) < 4.78 is 23.3. The van der Waals surface area contributed by atoms with Crippen molar-refractivity contribution in [3.63, 3.8) is 0 Å². The van der Waals surface area contributed by atoms with E-state index in [0.717, 1.165) is 25.7 Å². The molecule has 0 aromatic heterocycles. The summed E-state index contributed by atoms with van der Waals surface area (Å²) in [6, 6.07) is 0.594. The minimum atomic E-state index is -3.10. The first-order valence-corrected chi connectivity index (χ1v) is 8.69. The van der Waals surface area contributed by atoms with Gasteiger partial charge in [0.25, 0.3) is 0 Å². The lowest BCUT2D eigenvalue weighted by atomic mass is 9.91.